The molecule has 4 rings (SSSR count). The first-order chi connectivity index (χ1) is 42.5. The van der Waals surface area contributed by atoms with E-state index in [2.05, 4.69) is 38.4 Å². The van der Waals surface area contributed by atoms with Crippen LogP contribution in [0.25, 0.3) is 0 Å². The zero-order chi connectivity index (χ0) is 72.8. The van der Waals surface area contributed by atoms with E-state index in [9.17, 15) is 47.7 Å². The van der Waals surface area contributed by atoms with Crippen LogP contribution in [0.2, 0.25) is 0 Å². The first-order valence-electron chi connectivity index (χ1n) is 28.5. The van der Waals surface area contributed by atoms with Gasteiger partial charge in [-0.3, -0.25) is 19.7 Å². The summed E-state index contributed by atoms with van der Waals surface area (Å²) in [5.41, 5.74) is -6.25. The molecule has 0 atom stereocenters. The molecule has 93 heavy (non-hydrogen) atoms. The number of nitrogens with zero attached hydrogens (tertiary/aromatic N) is 5. The summed E-state index contributed by atoms with van der Waals surface area (Å²) < 4.78 is 80.3. The largest absolute Gasteiger partial charge is 0.443 e. The Morgan fingerprint density at radius 1 is 0.602 bits per heavy atom. The highest BCUT2D eigenvalue weighted by Crippen LogP contribution is 2.40. The van der Waals surface area contributed by atoms with Gasteiger partial charge in [-0.25, -0.2) is 36.7 Å². The number of hydrogen-bond acceptors (Lipinski definition) is 16. The van der Waals surface area contributed by atoms with Crippen molar-refractivity contribution < 1.29 is 75.3 Å². The Labute approximate surface area is 558 Å². The summed E-state index contributed by atoms with van der Waals surface area (Å²) in [4.78, 5) is 88.8. The number of amides is 5. The number of nitrogens with one attached hydrogen (secondary N) is 2. The maximum atomic E-state index is 16.7. The Bertz CT molecular complexity index is 3200. The third-order valence-corrected chi connectivity index (χ3v) is 10.6. The van der Waals surface area contributed by atoms with Crippen LogP contribution in [0.4, 0.5) is 70.9 Å². The van der Waals surface area contributed by atoms with Crippen LogP contribution in [0.1, 0.15) is 156 Å². The molecule has 4 aromatic rings. The highest BCUT2D eigenvalue weighted by atomic mass is 79.9. The van der Waals surface area contributed by atoms with Crippen molar-refractivity contribution in [3.05, 3.63) is 117 Å². The lowest BCUT2D eigenvalue weighted by molar-refractivity contribution is -0.384. The number of anilines is 5. The average molecular weight is 1390 g/mol. The number of halogens is 6. The molecule has 0 saturated carbocycles. The summed E-state index contributed by atoms with van der Waals surface area (Å²) in [6, 6.07) is 17.6. The number of ether oxygens (including phenoxy) is 4. The molecular formula is C67H89BrClF4N7O13. The lowest BCUT2D eigenvalue weighted by Gasteiger charge is -2.31. The summed E-state index contributed by atoms with van der Waals surface area (Å²) in [6.45, 7) is 31.6. The van der Waals surface area contributed by atoms with E-state index in [0.29, 0.717) is 27.8 Å². The lowest BCUT2D eigenvalue weighted by Crippen LogP contribution is -2.44. The van der Waals surface area contributed by atoms with Crippen molar-refractivity contribution in [1.29, 1.82) is 5.26 Å². The van der Waals surface area contributed by atoms with Gasteiger partial charge in [0.25, 0.3) is 5.69 Å². The van der Waals surface area contributed by atoms with E-state index >= 15 is 8.78 Å². The number of alkyl halides is 1. The van der Waals surface area contributed by atoms with Crippen molar-refractivity contribution in [2.75, 3.05) is 44.3 Å². The molecule has 20 nitrogen and oxygen atoms in total. The van der Waals surface area contributed by atoms with Gasteiger partial charge in [-0.1, -0.05) is 93.6 Å². The van der Waals surface area contributed by atoms with Gasteiger partial charge in [-0.2, -0.15) is 15.1 Å². The first-order valence-corrected chi connectivity index (χ1v) is 30.0. The van der Waals surface area contributed by atoms with E-state index in [1.54, 1.807) is 47.6 Å². The molecule has 0 bridgehead atoms. The number of carbonyl (C=O) groups excluding carboxylic acids is 6. The van der Waals surface area contributed by atoms with Crippen molar-refractivity contribution in [3.8, 4) is 30.8 Å². The van der Waals surface area contributed by atoms with Crippen LogP contribution < -0.4 is 25.3 Å². The zero-order valence-electron chi connectivity index (χ0n) is 56.7. The van der Waals surface area contributed by atoms with E-state index in [-0.39, 0.29) is 58.7 Å². The molecular weight excluding hydrogens is 1300 g/mol. The minimum absolute atomic E-state index is 0.0350. The van der Waals surface area contributed by atoms with Crippen molar-refractivity contribution in [2.24, 2.45) is 10.8 Å². The standard InChI is InChI=1S/C32H41F2N3O5.C23H27F2N3O6.C6H11ClO.C3H3Br.C2H3N.CH4O/c1-11-18-36(20-21-12-14-22(33)15-13-21)24-17-16-23(35-25(38)19-30(2,3)4)27(26(24)34)37(28(39)41-31(5,6)7)29(40)42-32(8,9)10;1-22(2,3)33-20(29)27(21(30)34-23(4,5)6)19-17(28(31)32)12-11-16(18(19)25)26-13-14-7-9-15(24)10-8-14;1-6(2,3)4-5(7)8;1-2-3-4;1-2-3;1-2/h1,12-17H,18-20H2,2-10H3,(H,35,38);7-12,26H,13H2,1-6H3;4H2,1-3H3;1H,3H2;1H3;2H,1H3. The second-order valence-corrected chi connectivity index (χ2v) is 27.0. The predicted molar refractivity (Wildman–Crippen MR) is 359 cm³/mol. The lowest BCUT2D eigenvalue weighted by atomic mass is 9.92. The zero-order valence-corrected chi connectivity index (χ0v) is 59.0. The number of rotatable bonds is 13. The number of nitro benzene ring substituents is 1. The van der Waals surface area contributed by atoms with Crippen molar-refractivity contribution in [1.82, 2.24) is 0 Å². The quantitative estimate of drug-likeness (QED) is 0.0214. The second kappa shape index (κ2) is 39.2. The molecule has 0 aromatic heterocycles. The fraction of sp³-hybridized carbons (Fsp3) is 0.478. The number of nitro groups is 1. The van der Waals surface area contributed by atoms with E-state index in [0.717, 1.165) is 19.2 Å². The van der Waals surface area contributed by atoms with Gasteiger partial charge in [0.1, 0.15) is 39.7 Å². The molecule has 3 N–H and O–H groups in total. The van der Waals surface area contributed by atoms with Crippen LogP contribution >= 0.6 is 27.5 Å². The van der Waals surface area contributed by atoms with E-state index in [4.69, 9.17) is 53.8 Å². The van der Waals surface area contributed by atoms with Crippen molar-refractivity contribution in [3.63, 3.8) is 0 Å². The molecule has 0 fully saturated rings. The van der Waals surface area contributed by atoms with Crippen LogP contribution in [-0.2, 0) is 41.6 Å². The summed E-state index contributed by atoms with van der Waals surface area (Å²) in [5.74, 6) is 1.21. The Morgan fingerprint density at radius 3 is 1.29 bits per heavy atom. The number of aliphatic hydroxyl groups excluding tert-OH is 1. The van der Waals surface area contributed by atoms with Gasteiger partial charge in [0.15, 0.2) is 17.3 Å². The fourth-order valence-electron chi connectivity index (χ4n) is 6.95. The molecule has 5 amide bonds. The maximum absolute atomic E-state index is 16.7. The van der Waals surface area contributed by atoms with Gasteiger partial charge in [0, 0.05) is 46.0 Å². The topological polar surface area (TPSA) is 260 Å². The molecule has 0 aliphatic heterocycles. The Morgan fingerprint density at radius 2 is 0.968 bits per heavy atom. The monoisotopic (exact) mass is 1390 g/mol. The number of terminal acetylenes is 2. The summed E-state index contributed by atoms with van der Waals surface area (Å²) in [6.07, 6.45) is 5.74. The Hall–Kier alpha value is -8.44. The molecule has 0 spiro atoms. The molecule has 4 aromatic carbocycles. The number of imide groups is 2. The second-order valence-electron chi connectivity index (χ2n) is 26.0. The average Bonchev–Trinajstić information content (AvgIpc) is 0.784. The highest BCUT2D eigenvalue weighted by molar-refractivity contribution is 9.09. The minimum Gasteiger partial charge on any atom is -0.443 e. The minimum atomic E-state index is -1.35. The SMILES string of the molecule is C#CCBr.C#CCN(Cc1ccc(F)cc1)c1ccc(NC(=O)CC(C)(C)C)c(N(C(=O)OC(C)(C)C)C(=O)OC(C)(C)C)c1F.CC#N.CC(C)(C)CC(=O)Cl.CC(C)(C)OC(=O)N(C(=O)OC(C)(C)C)c1c([N+](=O)[O-])ccc(NCc2ccc(F)cc2)c1F.CO. The molecule has 0 heterocycles. The van der Waals surface area contributed by atoms with Crippen LogP contribution in [0.15, 0.2) is 72.8 Å². The highest BCUT2D eigenvalue weighted by Gasteiger charge is 2.41. The Kier molecular flexibility index (Phi) is 36.5. The summed E-state index contributed by atoms with van der Waals surface area (Å²) >= 11 is 8.14. The van der Waals surface area contributed by atoms with Crippen molar-refractivity contribution >= 4 is 97.2 Å². The smallest absolute Gasteiger partial charge is 0.424 e. The van der Waals surface area contributed by atoms with Crippen molar-refractivity contribution in [2.45, 2.75) is 180 Å². The maximum Gasteiger partial charge on any atom is 0.424 e. The van der Waals surface area contributed by atoms with Gasteiger partial charge in [0.05, 0.1) is 39.9 Å². The van der Waals surface area contributed by atoms with Gasteiger partial charge in [-0.15, -0.1) is 12.8 Å². The normalized spacial score (nSPS) is 10.9. The molecule has 0 aliphatic carbocycles. The predicted octanol–water partition coefficient (Wildman–Crippen LogP) is 17.2. The number of nitriles is 1. The Balaban J connectivity index is 0. The van der Waals surface area contributed by atoms with Crippen LogP contribution in [0.5, 0.6) is 0 Å². The van der Waals surface area contributed by atoms with Gasteiger partial charge < -0.3 is 39.6 Å². The molecule has 0 unspecified atom stereocenters. The van der Waals surface area contributed by atoms with Crippen LogP contribution in [0, 0.1) is 80.2 Å². The van der Waals surface area contributed by atoms with Crippen LogP contribution in [-0.4, -0.2) is 86.9 Å². The van der Waals surface area contributed by atoms with Gasteiger partial charge in [0.2, 0.25) is 11.1 Å². The number of aliphatic hydroxyl groups is 1. The van der Waals surface area contributed by atoms with E-state index in [1.165, 1.54) is 114 Å². The number of benzene rings is 4. The molecule has 512 valence electrons. The molecule has 0 saturated heterocycles. The molecule has 26 heteroatoms. The van der Waals surface area contributed by atoms with E-state index < -0.39 is 103 Å². The van der Waals surface area contributed by atoms with E-state index in [1.807, 2.05) is 41.5 Å². The third-order valence-electron chi connectivity index (χ3n) is 10.2. The van der Waals surface area contributed by atoms with Gasteiger partial charge in [-0.05, 0) is 159 Å². The molecule has 0 radical (unpaired) electrons. The summed E-state index contributed by atoms with van der Waals surface area (Å²) in [5, 5.41) is 31.8. The first kappa shape index (κ1) is 86.6. The van der Waals surface area contributed by atoms with Gasteiger partial charge >= 0.3 is 24.4 Å². The summed E-state index contributed by atoms with van der Waals surface area (Å²) in [7, 11) is 1.00. The third kappa shape index (κ3) is 35.8. The number of hydrogen-bond donors (Lipinski definition) is 3. The number of carbonyl (C=O) groups is 6. The van der Waals surface area contributed by atoms with Crippen LogP contribution in [0.3, 0.4) is 0 Å². The fourth-order valence-corrected chi connectivity index (χ4v) is 7.35. The molecule has 0 aliphatic rings.